The first-order valence-electron chi connectivity index (χ1n) is 6.23. The predicted octanol–water partition coefficient (Wildman–Crippen LogP) is 2.24. The van der Waals surface area contributed by atoms with Crippen molar-refractivity contribution in [1.82, 2.24) is 5.43 Å². The Labute approximate surface area is 109 Å². The summed E-state index contributed by atoms with van der Waals surface area (Å²) in [4.78, 5) is 0. The van der Waals surface area contributed by atoms with Gasteiger partial charge in [-0.25, -0.2) is 0 Å². The van der Waals surface area contributed by atoms with Crippen molar-refractivity contribution in [3.63, 3.8) is 0 Å². The van der Waals surface area contributed by atoms with Crippen molar-refractivity contribution in [3.8, 4) is 5.75 Å². The molecule has 1 aromatic carbocycles. The normalized spacial score (nSPS) is 14.3. The van der Waals surface area contributed by atoms with E-state index in [-0.39, 0.29) is 12.1 Å². The maximum absolute atomic E-state index is 5.69. The average Bonchev–Trinajstić information content (AvgIpc) is 2.38. The van der Waals surface area contributed by atoms with Gasteiger partial charge in [-0.2, -0.15) is 0 Å². The van der Waals surface area contributed by atoms with E-state index in [1.54, 1.807) is 14.2 Å². The zero-order chi connectivity index (χ0) is 13.7. The molecule has 0 aliphatic rings. The second kappa shape index (κ2) is 6.73. The Hall–Kier alpha value is -1.10. The lowest BCUT2D eigenvalue weighted by Crippen LogP contribution is -2.37. The summed E-state index contributed by atoms with van der Waals surface area (Å²) in [6.45, 7) is 6.18. The topological polar surface area (TPSA) is 56.5 Å². The van der Waals surface area contributed by atoms with Gasteiger partial charge in [0.15, 0.2) is 0 Å². The molecule has 0 bridgehead atoms. The van der Waals surface area contributed by atoms with Gasteiger partial charge in [-0.1, -0.05) is 13.0 Å². The lowest BCUT2D eigenvalue weighted by atomic mass is 9.94. The Morgan fingerprint density at radius 1 is 1.22 bits per heavy atom. The number of benzene rings is 1. The molecule has 2 unspecified atom stereocenters. The number of hydrazine groups is 1. The fourth-order valence-corrected chi connectivity index (χ4v) is 2.30. The highest BCUT2D eigenvalue weighted by atomic mass is 16.5. The second-order valence-corrected chi connectivity index (χ2v) is 4.51. The lowest BCUT2D eigenvalue weighted by Gasteiger charge is -2.27. The molecule has 0 saturated heterocycles. The van der Waals surface area contributed by atoms with Gasteiger partial charge < -0.3 is 9.47 Å². The number of methoxy groups -OCH3 is 2. The third-order valence-corrected chi connectivity index (χ3v) is 3.38. The molecule has 0 aromatic heterocycles. The van der Waals surface area contributed by atoms with Crippen molar-refractivity contribution in [3.05, 3.63) is 28.8 Å². The minimum Gasteiger partial charge on any atom is -0.496 e. The lowest BCUT2D eigenvalue weighted by molar-refractivity contribution is 0.0649. The minimum absolute atomic E-state index is 0.00962. The molecule has 4 nitrogen and oxygen atoms in total. The van der Waals surface area contributed by atoms with Gasteiger partial charge in [0, 0.05) is 7.11 Å². The van der Waals surface area contributed by atoms with Gasteiger partial charge in [-0.3, -0.25) is 11.3 Å². The minimum atomic E-state index is -0.00962. The number of hydrogen-bond acceptors (Lipinski definition) is 4. The number of hydrogen-bond donors (Lipinski definition) is 2. The summed E-state index contributed by atoms with van der Waals surface area (Å²) in [7, 11) is 3.40. The largest absolute Gasteiger partial charge is 0.496 e. The van der Waals surface area contributed by atoms with E-state index in [0.717, 1.165) is 28.9 Å². The van der Waals surface area contributed by atoms with E-state index < -0.39 is 0 Å². The summed E-state index contributed by atoms with van der Waals surface area (Å²) in [6, 6.07) is 4.14. The predicted molar refractivity (Wildman–Crippen MR) is 73.6 cm³/mol. The van der Waals surface area contributed by atoms with Gasteiger partial charge in [0.2, 0.25) is 0 Å². The Morgan fingerprint density at radius 2 is 1.89 bits per heavy atom. The summed E-state index contributed by atoms with van der Waals surface area (Å²) < 4.78 is 10.8. The molecule has 1 aromatic rings. The van der Waals surface area contributed by atoms with Crippen molar-refractivity contribution in [1.29, 1.82) is 0 Å². The first-order valence-corrected chi connectivity index (χ1v) is 6.23. The number of nitrogens with two attached hydrogens (primary N) is 1. The smallest absolute Gasteiger partial charge is 0.122 e. The van der Waals surface area contributed by atoms with E-state index in [0.29, 0.717) is 0 Å². The van der Waals surface area contributed by atoms with Crippen molar-refractivity contribution in [2.24, 2.45) is 5.84 Å². The molecule has 0 amide bonds. The van der Waals surface area contributed by atoms with E-state index in [9.17, 15) is 0 Å². The van der Waals surface area contributed by atoms with Crippen LogP contribution in [-0.2, 0) is 4.74 Å². The van der Waals surface area contributed by atoms with Crippen LogP contribution in [0.4, 0.5) is 0 Å². The van der Waals surface area contributed by atoms with E-state index in [4.69, 9.17) is 15.3 Å². The molecule has 0 heterocycles. The molecule has 0 fully saturated rings. The van der Waals surface area contributed by atoms with Crippen LogP contribution in [0.15, 0.2) is 12.1 Å². The molecule has 0 aliphatic carbocycles. The van der Waals surface area contributed by atoms with Crippen LogP contribution in [0.2, 0.25) is 0 Å². The van der Waals surface area contributed by atoms with E-state index in [1.165, 1.54) is 0 Å². The first-order chi connectivity index (χ1) is 8.58. The molecule has 3 N–H and O–H groups in total. The maximum Gasteiger partial charge on any atom is 0.122 e. The van der Waals surface area contributed by atoms with Crippen LogP contribution < -0.4 is 16.0 Å². The molecule has 102 valence electrons. The van der Waals surface area contributed by atoms with E-state index in [2.05, 4.69) is 25.3 Å². The summed E-state index contributed by atoms with van der Waals surface area (Å²) in [5.41, 5.74) is 6.27. The van der Waals surface area contributed by atoms with Crippen LogP contribution in [-0.4, -0.2) is 20.3 Å². The van der Waals surface area contributed by atoms with Crippen molar-refractivity contribution in [2.45, 2.75) is 39.3 Å². The van der Waals surface area contributed by atoms with Gasteiger partial charge in [-0.15, -0.1) is 0 Å². The van der Waals surface area contributed by atoms with Crippen LogP contribution in [0, 0.1) is 13.8 Å². The second-order valence-electron chi connectivity index (χ2n) is 4.51. The highest BCUT2D eigenvalue weighted by Gasteiger charge is 2.22. The Bertz CT molecular complexity index is 390. The highest BCUT2D eigenvalue weighted by Crippen LogP contribution is 2.29. The van der Waals surface area contributed by atoms with Crippen molar-refractivity contribution >= 4 is 0 Å². The van der Waals surface area contributed by atoms with Gasteiger partial charge in [0.25, 0.3) is 0 Å². The molecule has 2 atom stereocenters. The average molecular weight is 252 g/mol. The summed E-state index contributed by atoms with van der Waals surface area (Å²) in [5.74, 6) is 6.59. The first kappa shape index (κ1) is 15.0. The maximum atomic E-state index is 5.69. The molecule has 1 rings (SSSR count). The molecule has 0 radical (unpaired) electrons. The quantitative estimate of drug-likeness (QED) is 0.602. The van der Waals surface area contributed by atoms with Crippen molar-refractivity contribution < 1.29 is 9.47 Å². The van der Waals surface area contributed by atoms with Crippen LogP contribution in [0.5, 0.6) is 5.75 Å². The zero-order valence-electron chi connectivity index (χ0n) is 11.9. The Morgan fingerprint density at radius 3 is 2.33 bits per heavy atom. The van der Waals surface area contributed by atoms with E-state index >= 15 is 0 Å². The van der Waals surface area contributed by atoms with Crippen LogP contribution in [0.1, 0.15) is 36.1 Å². The molecule has 18 heavy (non-hydrogen) atoms. The molecule has 0 aliphatic heterocycles. The standard InChI is InChI=1S/C14H24N2O2/c1-6-12(17-4)14(16-15)11-7-10(3)13(18-5)8-9(11)2/h7-8,12,14,16H,6,15H2,1-5H3. The zero-order valence-corrected chi connectivity index (χ0v) is 11.9. The van der Waals surface area contributed by atoms with Gasteiger partial charge in [-0.05, 0) is 43.0 Å². The van der Waals surface area contributed by atoms with Crippen LogP contribution in [0.3, 0.4) is 0 Å². The summed E-state index contributed by atoms with van der Waals surface area (Å²) >= 11 is 0. The fraction of sp³-hybridized carbons (Fsp3) is 0.571. The van der Waals surface area contributed by atoms with Crippen LogP contribution in [0.25, 0.3) is 0 Å². The molecule has 0 saturated carbocycles. The molecular formula is C14H24N2O2. The van der Waals surface area contributed by atoms with Gasteiger partial charge >= 0.3 is 0 Å². The van der Waals surface area contributed by atoms with Crippen molar-refractivity contribution in [2.75, 3.05) is 14.2 Å². The third-order valence-electron chi connectivity index (χ3n) is 3.38. The highest BCUT2D eigenvalue weighted by molar-refractivity contribution is 5.43. The monoisotopic (exact) mass is 252 g/mol. The molecule has 4 heteroatoms. The number of rotatable bonds is 6. The number of aryl methyl sites for hydroxylation is 2. The number of ether oxygens (including phenoxy) is 2. The Balaban J connectivity index is 3.17. The summed E-state index contributed by atoms with van der Waals surface area (Å²) in [5, 5.41) is 0. The SMILES string of the molecule is CCC(OC)C(NN)c1cc(C)c(OC)cc1C. The fourth-order valence-electron chi connectivity index (χ4n) is 2.30. The Kier molecular flexibility index (Phi) is 5.59. The van der Waals surface area contributed by atoms with Gasteiger partial charge in [0.1, 0.15) is 5.75 Å². The summed E-state index contributed by atoms with van der Waals surface area (Å²) in [6.07, 6.45) is 0.956. The number of nitrogens with one attached hydrogen (secondary N) is 1. The third kappa shape index (κ3) is 3.02. The van der Waals surface area contributed by atoms with E-state index in [1.807, 2.05) is 13.0 Å². The van der Waals surface area contributed by atoms with Gasteiger partial charge in [0.05, 0.1) is 19.3 Å². The molecule has 0 spiro atoms. The molecular weight excluding hydrogens is 228 g/mol. The van der Waals surface area contributed by atoms with Crippen LogP contribution >= 0.6 is 0 Å².